The lowest BCUT2D eigenvalue weighted by Gasteiger charge is -2.50. The molecule has 1 rings (SSSR count). The lowest BCUT2D eigenvalue weighted by molar-refractivity contribution is -0.312. The number of rotatable bonds is 7. The number of hydrogen-bond donors (Lipinski definition) is 10. The molecule has 1 fully saturated rings. The zero-order chi connectivity index (χ0) is 17.9. The highest BCUT2D eigenvalue weighted by atomic mass is 16.6. The van der Waals surface area contributed by atoms with E-state index in [0.717, 1.165) is 0 Å². The average Bonchev–Trinajstić information content (AvgIpc) is 2.56. The molecule has 11 heteroatoms. The molecule has 0 aromatic carbocycles. The van der Waals surface area contributed by atoms with Gasteiger partial charge in [-0.1, -0.05) is 0 Å². The number of aliphatic hydroxyl groups is 10. The van der Waals surface area contributed by atoms with Gasteiger partial charge in [-0.25, -0.2) is 0 Å². The molecule has 1 aliphatic heterocycles. The van der Waals surface area contributed by atoms with Crippen LogP contribution in [0.4, 0.5) is 0 Å². The van der Waals surface area contributed by atoms with Crippen LogP contribution in [0.1, 0.15) is 0 Å². The fourth-order valence-corrected chi connectivity index (χ4v) is 2.59. The predicted molar refractivity (Wildman–Crippen MR) is 70.9 cm³/mol. The van der Waals surface area contributed by atoms with Crippen LogP contribution in [0, 0.1) is 0 Å². The molecule has 10 N–H and O–H groups in total. The van der Waals surface area contributed by atoms with Crippen molar-refractivity contribution in [3.05, 3.63) is 0 Å². The summed E-state index contributed by atoms with van der Waals surface area (Å²) in [5.74, 6) is 0. The second-order valence-electron chi connectivity index (χ2n) is 5.53. The molecule has 0 amide bonds. The molecule has 1 heterocycles. The molecule has 0 spiro atoms. The Labute approximate surface area is 131 Å². The van der Waals surface area contributed by atoms with Gasteiger partial charge in [0.05, 0.1) is 19.8 Å². The Bertz CT molecular complexity index is 367. The Morgan fingerprint density at radius 1 is 0.870 bits per heavy atom. The molecular weight excluding hydrogens is 320 g/mol. The zero-order valence-corrected chi connectivity index (χ0v) is 12.1. The van der Waals surface area contributed by atoms with Crippen LogP contribution in [-0.4, -0.2) is 125 Å². The van der Waals surface area contributed by atoms with Gasteiger partial charge in [0.15, 0.2) is 0 Å². The Hall–Kier alpha value is -0.440. The van der Waals surface area contributed by atoms with Gasteiger partial charge in [-0.2, -0.15) is 0 Å². The molecule has 0 aromatic rings. The SMILES string of the molecule is OC[C@@H](O)[C@@](O)([C@H](O)[C@@H](O)CO)[C@H]1O[C@H](CO)[C@@H](O)[C@H](O)[C@H]1O. The van der Waals surface area contributed by atoms with Crippen LogP contribution in [0.3, 0.4) is 0 Å². The van der Waals surface area contributed by atoms with Gasteiger partial charge < -0.3 is 55.8 Å². The van der Waals surface area contributed by atoms with Crippen molar-refractivity contribution in [1.82, 2.24) is 0 Å². The lowest BCUT2D eigenvalue weighted by Crippen LogP contribution is -2.73. The lowest BCUT2D eigenvalue weighted by atomic mass is 9.76. The largest absolute Gasteiger partial charge is 0.394 e. The van der Waals surface area contributed by atoms with Gasteiger partial charge >= 0.3 is 0 Å². The molecule has 0 saturated carbocycles. The Kier molecular flexibility index (Phi) is 7.25. The molecule has 0 radical (unpaired) electrons. The number of aliphatic hydroxyl groups excluding tert-OH is 9. The second kappa shape index (κ2) is 8.09. The third-order valence-corrected chi connectivity index (χ3v) is 4.08. The first-order chi connectivity index (χ1) is 10.7. The van der Waals surface area contributed by atoms with Gasteiger partial charge in [-0.15, -0.1) is 0 Å². The van der Waals surface area contributed by atoms with Crippen molar-refractivity contribution in [3.8, 4) is 0 Å². The first-order valence-electron chi connectivity index (χ1n) is 6.95. The average molecular weight is 344 g/mol. The topological polar surface area (TPSA) is 212 Å². The van der Waals surface area contributed by atoms with E-state index in [2.05, 4.69) is 0 Å². The number of ether oxygens (including phenoxy) is 1. The molecule has 9 atom stereocenters. The molecule has 138 valence electrons. The molecule has 0 bridgehead atoms. The van der Waals surface area contributed by atoms with E-state index >= 15 is 0 Å². The van der Waals surface area contributed by atoms with Crippen molar-refractivity contribution in [2.45, 2.75) is 54.4 Å². The fourth-order valence-electron chi connectivity index (χ4n) is 2.59. The van der Waals surface area contributed by atoms with Crippen molar-refractivity contribution < 1.29 is 55.8 Å². The van der Waals surface area contributed by atoms with E-state index < -0.39 is 74.3 Å². The van der Waals surface area contributed by atoms with Crippen LogP contribution in [-0.2, 0) is 4.74 Å². The molecule has 1 aliphatic rings. The standard InChI is InChI=1S/C12H24O11/c13-1-4(16)10(21)12(22,6(17)3-15)11-9(20)8(19)7(18)5(2-14)23-11/h4-11,13-22H,1-3H2/t4-,5+,6+,7+,8-,9+,10+,11-,12+/m0/s1. The van der Waals surface area contributed by atoms with Crippen LogP contribution in [0.2, 0.25) is 0 Å². The van der Waals surface area contributed by atoms with Gasteiger partial charge in [0, 0.05) is 0 Å². The molecule has 0 aromatic heterocycles. The van der Waals surface area contributed by atoms with Crippen molar-refractivity contribution in [2.24, 2.45) is 0 Å². The first-order valence-corrected chi connectivity index (χ1v) is 6.95. The smallest absolute Gasteiger partial charge is 0.150 e. The summed E-state index contributed by atoms with van der Waals surface area (Å²) in [4.78, 5) is 0. The van der Waals surface area contributed by atoms with Gasteiger partial charge in [-0.05, 0) is 0 Å². The fraction of sp³-hybridized carbons (Fsp3) is 1.00. The highest BCUT2D eigenvalue weighted by molar-refractivity contribution is 5.08. The molecular formula is C12H24O11. The van der Waals surface area contributed by atoms with Crippen LogP contribution >= 0.6 is 0 Å². The third-order valence-electron chi connectivity index (χ3n) is 4.08. The minimum Gasteiger partial charge on any atom is -0.394 e. The maximum Gasteiger partial charge on any atom is 0.150 e. The minimum absolute atomic E-state index is 0.828. The van der Waals surface area contributed by atoms with Crippen molar-refractivity contribution in [1.29, 1.82) is 0 Å². The minimum atomic E-state index is -2.93. The van der Waals surface area contributed by atoms with Crippen LogP contribution in [0.25, 0.3) is 0 Å². The van der Waals surface area contributed by atoms with E-state index in [1.807, 2.05) is 0 Å². The molecule has 0 aliphatic carbocycles. The summed E-state index contributed by atoms with van der Waals surface area (Å²) in [7, 11) is 0. The normalized spacial score (nSPS) is 38.6. The van der Waals surface area contributed by atoms with E-state index in [0.29, 0.717) is 0 Å². The molecule has 23 heavy (non-hydrogen) atoms. The van der Waals surface area contributed by atoms with Crippen LogP contribution in [0.5, 0.6) is 0 Å². The van der Waals surface area contributed by atoms with Gasteiger partial charge in [0.1, 0.15) is 54.4 Å². The van der Waals surface area contributed by atoms with E-state index in [1.165, 1.54) is 0 Å². The number of hydrogen-bond acceptors (Lipinski definition) is 11. The Balaban J connectivity index is 3.24. The Morgan fingerprint density at radius 2 is 1.43 bits per heavy atom. The summed E-state index contributed by atoms with van der Waals surface area (Å²) in [6.07, 6.45) is -15.6. The summed E-state index contributed by atoms with van der Waals surface area (Å²) >= 11 is 0. The first kappa shape index (κ1) is 20.6. The van der Waals surface area contributed by atoms with E-state index in [-0.39, 0.29) is 0 Å². The Morgan fingerprint density at radius 3 is 1.87 bits per heavy atom. The molecule has 0 unspecified atom stereocenters. The summed E-state index contributed by atoms with van der Waals surface area (Å²) in [5.41, 5.74) is -2.93. The molecule has 1 saturated heterocycles. The van der Waals surface area contributed by atoms with Crippen molar-refractivity contribution >= 4 is 0 Å². The van der Waals surface area contributed by atoms with E-state index in [1.54, 1.807) is 0 Å². The van der Waals surface area contributed by atoms with Crippen LogP contribution < -0.4 is 0 Å². The summed E-state index contributed by atoms with van der Waals surface area (Å²) in [5, 5.41) is 96.4. The predicted octanol–water partition coefficient (Wildman–Crippen LogP) is -6.37. The summed E-state index contributed by atoms with van der Waals surface area (Å²) < 4.78 is 5.05. The van der Waals surface area contributed by atoms with Crippen molar-refractivity contribution in [3.63, 3.8) is 0 Å². The second-order valence-corrected chi connectivity index (χ2v) is 5.53. The summed E-state index contributed by atoms with van der Waals surface area (Å²) in [6, 6.07) is 0. The van der Waals surface area contributed by atoms with Gasteiger partial charge in [0.2, 0.25) is 0 Å². The van der Waals surface area contributed by atoms with E-state index in [4.69, 9.17) is 20.1 Å². The molecule has 11 nitrogen and oxygen atoms in total. The maximum absolute atomic E-state index is 10.6. The van der Waals surface area contributed by atoms with Gasteiger partial charge in [0.25, 0.3) is 0 Å². The quantitative estimate of drug-likeness (QED) is 0.210. The monoisotopic (exact) mass is 344 g/mol. The highest BCUT2D eigenvalue weighted by Gasteiger charge is 2.59. The summed E-state index contributed by atoms with van der Waals surface area (Å²) in [6.45, 7) is -2.98. The zero-order valence-electron chi connectivity index (χ0n) is 12.1. The van der Waals surface area contributed by atoms with E-state index in [9.17, 15) is 35.7 Å². The maximum atomic E-state index is 10.6. The third kappa shape index (κ3) is 3.65. The van der Waals surface area contributed by atoms with Crippen molar-refractivity contribution in [2.75, 3.05) is 19.8 Å². The van der Waals surface area contributed by atoms with Gasteiger partial charge in [-0.3, -0.25) is 0 Å². The highest BCUT2D eigenvalue weighted by Crippen LogP contribution is 2.34. The van der Waals surface area contributed by atoms with Crippen LogP contribution in [0.15, 0.2) is 0 Å².